The molecule has 0 bridgehead atoms. The Morgan fingerprint density at radius 2 is 1.96 bits per heavy atom. The molecule has 128 valence electrons. The summed E-state index contributed by atoms with van der Waals surface area (Å²) in [5.74, 6) is 1.98. The maximum atomic E-state index is 12.2. The molecule has 1 aliphatic rings. The summed E-state index contributed by atoms with van der Waals surface area (Å²) in [5, 5.41) is 3.79. The molecule has 1 amide bonds. The zero-order valence-electron chi connectivity index (χ0n) is 14.0. The first-order valence-corrected chi connectivity index (χ1v) is 10.3. The summed E-state index contributed by atoms with van der Waals surface area (Å²) in [6.45, 7) is 2.73. The lowest BCUT2D eigenvalue weighted by Gasteiger charge is -2.21. The summed E-state index contributed by atoms with van der Waals surface area (Å²) in [5.41, 5.74) is 0. The number of amides is 1. The maximum Gasteiger partial charge on any atom is 0.233 e. The highest BCUT2D eigenvalue weighted by Crippen LogP contribution is 2.28. The van der Waals surface area contributed by atoms with Crippen molar-refractivity contribution in [2.24, 2.45) is 0 Å². The molecule has 1 atom stereocenters. The molecule has 0 aromatic heterocycles. The molecule has 5 heteroatoms. The molecule has 0 unspecified atom stereocenters. The van der Waals surface area contributed by atoms with Gasteiger partial charge in [0.25, 0.3) is 0 Å². The van der Waals surface area contributed by atoms with E-state index in [4.69, 9.17) is 4.74 Å². The number of hydrogen-bond acceptors (Lipinski definition) is 4. The van der Waals surface area contributed by atoms with Crippen molar-refractivity contribution in [1.82, 2.24) is 5.32 Å². The Labute approximate surface area is 148 Å². The van der Waals surface area contributed by atoms with Crippen LogP contribution < -0.4 is 10.1 Å². The van der Waals surface area contributed by atoms with Gasteiger partial charge in [0, 0.05) is 22.4 Å². The van der Waals surface area contributed by atoms with Crippen molar-refractivity contribution >= 4 is 29.4 Å². The van der Waals surface area contributed by atoms with Crippen molar-refractivity contribution in [3.8, 4) is 5.75 Å². The van der Waals surface area contributed by atoms with Crippen LogP contribution in [0, 0.1) is 0 Å². The molecular formula is C18H27NO2S2. The Bertz CT molecular complexity index is 472. The van der Waals surface area contributed by atoms with E-state index in [0.29, 0.717) is 0 Å². The summed E-state index contributed by atoms with van der Waals surface area (Å²) in [7, 11) is 1.66. The van der Waals surface area contributed by atoms with Gasteiger partial charge in [0.2, 0.25) is 5.91 Å². The molecule has 1 N–H and O–H groups in total. The van der Waals surface area contributed by atoms with Crippen molar-refractivity contribution < 1.29 is 9.53 Å². The van der Waals surface area contributed by atoms with Crippen molar-refractivity contribution in [2.45, 2.75) is 54.4 Å². The average Bonchev–Trinajstić information content (AvgIpc) is 2.60. The summed E-state index contributed by atoms with van der Waals surface area (Å²) >= 11 is 3.61. The minimum atomic E-state index is -0.0805. The first-order chi connectivity index (χ1) is 11.2. The molecule has 1 aromatic rings. The molecule has 1 aliphatic carbocycles. The SMILES string of the molecule is COc1ccc(S[C@@H](C)C(=O)NCCSC2CCCCC2)cc1. The van der Waals surface area contributed by atoms with Crippen LogP contribution >= 0.6 is 23.5 Å². The van der Waals surface area contributed by atoms with Crippen LogP contribution in [0.2, 0.25) is 0 Å². The second-order valence-electron chi connectivity index (χ2n) is 5.86. The third kappa shape index (κ3) is 6.68. The van der Waals surface area contributed by atoms with Crippen LogP contribution in [-0.2, 0) is 4.79 Å². The van der Waals surface area contributed by atoms with Gasteiger partial charge in [0.1, 0.15) is 5.75 Å². The van der Waals surface area contributed by atoms with Crippen LogP contribution in [0.4, 0.5) is 0 Å². The van der Waals surface area contributed by atoms with Gasteiger partial charge in [-0.3, -0.25) is 4.79 Å². The highest BCUT2D eigenvalue weighted by atomic mass is 32.2. The molecule has 0 saturated heterocycles. The fraction of sp³-hybridized carbons (Fsp3) is 0.611. The lowest BCUT2D eigenvalue weighted by Crippen LogP contribution is -2.32. The number of hydrogen-bond donors (Lipinski definition) is 1. The number of thioether (sulfide) groups is 2. The third-order valence-electron chi connectivity index (χ3n) is 4.05. The van der Waals surface area contributed by atoms with Gasteiger partial charge in [-0.15, -0.1) is 11.8 Å². The van der Waals surface area contributed by atoms with Gasteiger partial charge in [-0.05, 0) is 44.0 Å². The number of nitrogens with one attached hydrogen (secondary N) is 1. The molecule has 23 heavy (non-hydrogen) atoms. The molecule has 1 aromatic carbocycles. The summed E-state index contributed by atoms with van der Waals surface area (Å²) in [4.78, 5) is 13.2. The molecule has 3 nitrogen and oxygen atoms in total. The average molecular weight is 354 g/mol. The molecule has 0 spiro atoms. The van der Waals surface area contributed by atoms with Crippen LogP contribution in [0.25, 0.3) is 0 Å². The van der Waals surface area contributed by atoms with Crippen molar-refractivity contribution in [2.75, 3.05) is 19.4 Å². The van der Waals surface area contributed by atoms with E-state index < -0.39 is 0 Å². The summed E-state index contributed by atoms with van der Waals surface area (Å²) < 4.78 is 5.15. The summed E-state index contributed by atoms with van der Waals surface area (Å²) in [6, 6.07) is 7.83. The quantitative estimate of drug-likeness (QED) is 0.557. The molecule has 0 radical (unpaired) electrons. The van der Waals surface area contributed by atoms with E-state index in [1.54, 1.807) is 18.9 Å². The zero-order valence-corrected chi connectivity index (χ0v) is 15.7. The highest BCUT2D eigenvalue weighted by Gasteiger charge is 2.15. The summed E-state index contributed by atoms with van der Waals surface area (Å²) in [6.07, 6.45) is 6.84. The van der Waals surface area contributed by atoms with E-state index in [0.717, 1.165) is 28.2 Å². The predicted octanol–water partition coefficient (Wildman–Crippen LogP) is 4.36. The monoisotopic (exact) mass is 353 g/mol. The van der Waals surface area contributed by atoms with Crippen LogP contribution in [-0.4, -0.2) is 35.8 Å². The minimum absolute atomic E-state index is 0.0805. The smallest absolute Gasteiger partial charge is 0.233 e. The molecule has 0 aliphatic heterocycles. The van der Waals surface area contributed by atoms with Crippen molar-refractivity contribution in [1.29, 1.82) is 0 Å². The maximum absolute atomic E-state index is 12.2. The Kier molecular flexibility index (Phi) is 8.17. The zero-order chi connectivity index (χ0) is 16.5. The van der Waals surface area contributed by atoms with Gasteiger partial charge < -0.3 is 10.1 Å². The second kappa shape index (κ2) is 10.1. The van der Waals surface area contributed by atoms with Gasteiger partial charge >= 0.3 is 0 Å². The number of benzene rings is 1. The van der Waals surface area contributed by atoms with Gasteiger partial charge in [0.15, 0.2) is 0 Å². The predicted molar refractivity (Wildman–Crippen MR) is 101 cm³/mol. The normalized spacial score (nSPS) is 16.8. The molecule has 1 saturated carbocycles. The lowest BCUT2D eigenvalue weighted by atomic mass is 10.0. The van der Waals surface area contributed by atoms with Crippen LogP contribution in [0.15, 0.2) is 29.2 Å². The topological polar surface area (TPSA) is 38.3 Å². The Morgan fingerprint density at radius 3 is 2.61 bits per heavy atom. The number of ether oxygens (including phenoxy) is 1. The largest absolute Gasteiger partial charge is 0.497 e. The highest BCUT2D eigenvalue weighted by molar-refractivity contribution is 8.00. The first-order valence-electron chi connectivity index (χ1n) is 8.39. The number of rotatable bonds is 8. The van der Waals surface area contributed by atoms with Crippen LogP contribution in [0.3, 0.4) is 0 Å². The van der Waals surface area contributed by atoms with E-state index >= 15 is 0 Å². The standard InChI is InChI=1S/C18H27NO2S2/c1-14(23-17-10-8-15(21-2)9-11-17)18(20)19-12-13-22-16-6-4-3-5-7-16/h8-11,14,16H,3-7,12-13H2,1-2H3,(H,19,20)/t14-/m0/s1. The van der Waals surface area contributed by atoms with Gasteiger partial charge in [0.05, 0.1) is 12.4 Å². The Balaban J connectivity index is 1.63. The van der Waals surface area contributed by atoms with Crippen molar-refractivity contribution in [3.63, 3.8) is 0 Å². The van der Waals surface area contributed by atoms with E-state index in [2.05, 4.69) is 5.32 Å². The fourth-order valence-electron chi connectivity index (χ4n) is 2.69. The molecule has 1 fully saturated rings. The number of methoxy groups -OCH3 is 1. The van der Waals surface area contributed by atoms with Gasteiger partial charge in [-0.1, -0.05) is 19.3 Å². The van der Waals surface area contributed by atoms with Crippen molar-refractivity contribution in [3.05, 3.63) is 24.3 Å². The van der Waals surface area contributed by atoms with Gasteiger partial charge in [-0.25, -0.2) is 0 Å². The van der Waals surface area contributed by atoms with Crippen LogP contribution in [0.5, 0.6) is 5.75 Å². The van der Waals surface area contributed by atoms with E-state index in [1.807, 2.05) is 43.0 Å². The van der Waals surface area contributed by atoms with E-state index in [9.17, 15) is 4.79 Å². The Hall–Kier alpha value is -0.810. The molecule has 0 heterocycles. The number of carbonyl (C=O) groups excluding carboxylic acids is 1. The lowest BCUT2D eigenvalue weighted by molar-refractivity contribution is -0.120. The third-order valence-corrected chi connectivity index (χ3v) is 6.54. The number of carbonyl (C=O) groups is 1. The molecular weight excluding hydrogens is 326 g/mol. The Morgan fingerprint density at radius 1 is 1.26 bits per heavy atom. The van der Waals surface area contributed by atoms with Gasteiger partial charge in [-0.2, -0.15) is 11.8 Å². The first kappa shape index (κ1) is 18.5. The molecule has 2 rings (SSSR count). The second-order valence-corrected chi connectivity index (χ2v) is 8.68. The van der Waals surface area contributed by atoms with Crippen LogP contribution in [0.1, 0.15) is 39.0 Å². The fourth-order valence-corrected chi connectivity index (χ4v) is 4.80. The minimum Gasteiger partial charge on any atom is -0.497 e. The van der Waals surface area contributed by atoms with E-state index in [-0.39, 0.29) is 11.2 Å². The van der Waals surface area contributed by atoms with E-state index in [1.165, 1.54) is 32.1 Å².